The van der Waals surface area contributed by atoms with Crippen molar-refractivity contribution < 1.29 is 14.4 Å². The maximum absolute atomic E-state index is 5.63. The highest BCUT2D eigenvalue weighted by molar-refractivity contribution is 7.80. The number of hydrogen-bond donors (Lipinski definition) is 2. The van der Waals surface area contributed by atoms with Gasteiger partial charge in [-0.1, -0.05) is 18.2 Å². The van der Waals surface area contributed by atoms with Crippen molar-refractivity contribution in [1.29, 1.82) is 0 Å². The van der Waals surface area contributed by atoms with Gasteiger partial charge in [0.15, 0.2) is 5.11 Å². The Morgan fingerprint density at radius 3 is 2.52 bits per heavy atom. The van der Waals surface area contributed by atoms with Crippen molar-refractivity contribution in [2.75, 3.05) is 45.7 Å². The predicted molar refractivity (Wildman–Crippen MR) is 113 cm³/mol. The van der Waals surface area contributed by atoms with E-state index < -0.39 is 0 Å². The van der Waals surface area contributed by atoms with Crippen molar-refractivity contribution in [3.8, 4) is 11.5 Å². The van der Waals surface area contributed by atoms with Crippen molar-refractivity contribution in [1.82, 2.24) is 4.90 Å². The number of ether oxygens (including phenoxy) is 2. The first-order valence-corrected chi connectivity index (χ1v) is 9.67. The van der Waals surface area contributed by atoms with Gasteiger partial charge in [0.1, 0.15) is 18.0 Å². The Kier molecular flexibility index (Phi) is 6.53. The van der Waals surface area contributed by atoms with Gasteiger partial charge in [-0.05, 0) is 49.0 Å². The lowest BCUT2D eigenvalue weighted by molar-refractivity contribution is -0.917. The van der Waals surface area contributed by atoms with E-state index in [2.05, 4.69) is 35.3 Å². The largest absolute Gasteiger partial charge is 0.497 e. The number of aryl methyl sites for hydroxylation is 1. The molecule has 2 N–H and O–H groups in total. The maximum atomic E-state index is 5.63. The summed E-state index contributed by atoms with van der Waals surface area (Å²) >= 11 is 5.63. The fourth-order valence-electron chi connectivity index (χ4n) is 3.40. The van der Waals surface area contributed by atoms with Crippen LogP contribution in [0, 0.1) is 6.92 Å². The Labute approximate surface area is 166 Å². The number of rotatable bonds is 5. The molecule has 1 saturated heterocycles. The van der Waals surface area contributed by atoms with Gasteiger partial charge in [0.25, 0.3) is 0 Å². The SMILES string of the molecule is COc1ccc(OC)c(C[NH+]2CCN(C(=S)Nc3ccccc3C)CC2)c1. The molecule has 0 atom stereocenters. The van der Waals surface area contributed by atoms with Crippen LogP contribution >= 0.6 is 12.2 Å². The molecule has 0 aliphatic carbocycles. The molecule has 5 nitrogen and oxygen atoms in total. The molecule has 1 aliphatic rings. The highest BCUT2D eigenvalue weighted by atomic mass is 32.1. The molecular formula is C21H28N3O2S+. The highest BCUT2D eigenvalue weighted by Gasteiger charge is 2.23. The minimum atomic E-state index is 0.808. The molecule has 0 amide bonds. The van der Waals surface area contributed by atoms with Crippen molar-refractivity contribution in [2.24, 2.45) is 0 Å². The maximum Gasteiger partial charge on any atom is 0.173 e. The Bertz CT molecular complexity index is 789. The molecule has 1 fully saturated rings. The van der Waals surface area contributed by atoms with Crippen LogP contribution in [0.4, 0.5) is 5.69 Å². The summed E-state index contributed by atoms with van der Waals surface area (Å²) in [4.78, 5) is 3.78. The van der Waals surface area contributed by atoms with E-state index in [0.717, 1.165) is 55.0 Å². The molecule has 1 heterocycles. The predicted octanol–water partition coefficient (Wildman–Crippen LogP) is 2.11. The molecule has 3 rings (SSSR count). The Morgan fingerprint density at radius 1 is 1.11 bits per heavy atom. The van der Waals surface area contributed by atoms with Crippen molar-refractivity contribution in [2.45, 2.75) is 13.5 Å². The fourth-order valence-corrected chi connectivity index (χ4v) is 3.69. The summed E-state index contributed by atoms with van der Waals surface area (Å²) in [5.41, 5.74) is 3.47. The van der Waals surface area contributed by atoms with Crippen molar-refractivity contribution in [3.63, 3.8) is 0 Å². The molecule has 0 unspecified atom stereocenters. The third kappa shape index (κ3) is 4.90. The van der Waals surface area contributed by atoms with E-state index in [1.54, 1.807) is 14.2 Å². The van der Waals surface area contributed by atoms with Crippen LogP contribution in [-0.2, 0) is 6.54 Å². The van der Waals surface area contributed by atoms with E-state index in [1.165, 1.54) is 16.0 Å². The monoisotopic (exact) mass is 386 g/mol. The summed E-state index contributed by atoms with van der Waals surface area (Å²) in [6, 6.07) is 14.2. The number of anilines is 1. The number of hydrogen-bond acceptors (Lipinski definition) is 3. The van der Waals surface area contributed by atoms with Crippen LogP contribution in [0.15, 0.2) is 42.5 Å². The van der Waals surface area contributed by atoms with E-state index in [4.69, 9.17) is 21.7 Å². The number of quaternary nitrogens is 1. The number of para-hydroxylation sites is 1. The molecule has 0 spiro atoms. The van der Waals surface area contributed by atoms with Crippen LogP contribution in [-0.4, -0.2) is 50.4 Å². The van der Waals surface area contributed by atoms with Gasteiger partial charge in [0.05, 0.1) is 46.0 Å². The Balaban J connectivity index is 1.56. The van der Waals surface area contributed by atoms with Crippen molar-refractivity contribution in [3.05, 3.63) is 53.6 Å². The summed E-state index contributed by atoms with van der Waals surface area (Å²) < 4.78 is 10.9. The second-order valence-corrected chi connectivity index (χ2v) is 7.22. The lowest BCUT2D eigenvalue weighted by Crippen LogP contribution is -3.13. The molecule has 2 aromatic rings. The second kappa shape index (κ2) is 9.06. The molecule has 2 aromatic carbocycles. The molecule has 0 saturated carbocycles. The smallest absolute Gasteiger partial charge is 0.173 e. The number of methoxy groups -OCH3 is 2. The van der Waals surface area contributed by atoms with Gasteiger partial charge in [0.2, 0.25) is 0 Å². The summed E-state index contributed by atoms with van der Waals surface area (Å²) in [5.74, 6) is 1.79. The van der Waals surface area contributed by atoms with Gasteiger partial charge in [-0.2, -0.15) is 0 Å². The number of thiocarbonyl (C=S) groups is 1. The number of piperazine rings is 1. The minimum absolute atomic E-state index is 0.808. The second-order valence-electron chi connectivity index (χ2n) is 6.84. The first kappa shape index (κ1) is 19.5. The van der Waals surface area contributed by atoms with E-state index in [-0.39, 0.29) is 0 Å². The first-order valence-electron chi connectivity index (χ1n) is 9.26. The van der Waals surface area contributed by atoms with E-state index in [9.17, 15) is 0 Å². The number of benzene rings is 2. The quantitative estimate of drug-likeness (QED) is 0.770. The van der Waals surface area contributed by atoms with Gasteiger partial charge in [-0.25, -0.2) is 0 Å². The minimum Gasteiger partial charge on any atom is -0.497 e. The highest BCUT2D eigenvalue weighted by Crippen LogP contribution is 2.23. The molecule has 6 heteroatoms. The van der Waals surface area contributed by atoms with E-state index in [1.807, 2.05) is 24.3 Å². The van der Waals surface area contributed by atoms with Gasteiger partial charge >= 0.3 is 0 Å². The normalized spacial score (nSPS) is 14.7. The molecule has 144 valence electrons. The summed E-state index contributed by atoms with van der Waals surface area (Å²) in [6.07, 6.45) is 0. The Hall–Kier alpha value is -2.31. The lowest BCUT2D eigenvalue weighted by Gasteiger charge is -2.34. The summed E-state index contributed by atoms with van der Waals surface area (Å²) in [7, 11) is 3.41. The summed E-state index contributed by atoms with van der Waals surface area (Å²) in [5, 5.41) is 4.20. The van der Waals surface area contributed by atoms with E-state index >= 15 is 0 Å². The summed E-state index contributed by atoms with van der Waals surface area (Å²) in [6.45, 7) is 6.98. The van der Waals surface area contributed by atoms with Gasteiger partial charge in [-0.3, -0.25) is 0 Å². The molecule has 0 radical (unpaired) electrons. The van der Waals surface area contributed by atoms with E-state index in [0.29, 0.717) is 0 Å². The zero-order valence-corrected chi connectivity index (χ0v) is 17.1. The molecular weight excluding hydrogens is 358 g/mol. The molecule has 1 aliphatic heterocycles. The lowest BCUT2D eigenvalue weighted by atomic mass is 10.1. The fraction of sp³-hybridized carbons (Fsp3) is 0.381. The number of nitrogens with zero attached hydrogens (tertiary/aromatic N) is 1. The standard InChI is InChI=1S/C21H27N3O2S/c1-16-6-4-5-7-19(16)22-21(27)24-12-10-23(11-13-24)15-17-14-18(25-2)8-9-20(17)26-3/h4-9,14H,10-13,15H2,1-3H3,(H,22,27)/p+1. The molecule has 0 bridgehead atoms. The average molecular weight is 387 g/mol. The zero-order chi connectivity index (χ0) is 19.2. The third-order valence-corrected chi connectivity index (χ3v) is 5.43. The Morgan fingerprint density at radius 2 is 1.85 bits per heavy atom. The van der Waals surface area contributed by atoms with Gasteiger partial charge < -0.3 is 24.6 Å². The van der Waals surface area contributed by atoms with Crippen LogP contribution in [0.3, 0.4) is 0 Å². The van der Waals surface area contributed by atoms with Crippen LogP contribution < -0.4 is 19.7 Å². The van der Waals surface area contributed by atoms with Crippen LogP contribution in [0.25, 0.3) is 0 Å². The van der Waals surface area contributed by atoms with Gasteiger partial charge in [0, 0.05) is 5.69 Å². The van der Waals surface area contributed by atoms with Gasteiger partial charge in [-0.15, -0.1) is 0 Å². The van der Waals surface area contributed by atoms with Crippen molar-refractivity contribution >= 4 is 23.0 Å². The van der Waals surface area contributed by atoms with Crippen LogP contribution in [0.1, 0.15) is 11.1 Å². The molecule has 0 aromatic heterocycles. The first-order chi connectivity index (χ1) is 13.1. The topological polar surface area (TPSA) is 38.2 Å². The zero-order valence-electron chi connectivity index (χ0n) is 16.2. The van der Waals surface area contributed by atoms with Crippen LogP contribution in [0.2, 0.25) is 0 Å². The van der Waals surface area contributed by atoms with Crippen LogP contribution in [0.5, 0.6) is 11.5 Å². The third-order valence-electron chi connectivity index (χ3n) is 5.07. The molecule has 27 heavy (non-hydrogen) atoms. The average Bonchev–Trinajstić information content (AvgIpc) is 2.70. The number of nitrogens with one attached hydrogen (secondary N) is 2.